The van der Waals surface area contributed by atoms with E-state index in [4.69, 9.17) is 0 Å². The van der Waals surface area contributed by atoms with Crippen molar-refractivity contribution >= 4 is 5.91 Å². The molecule has 0 atom stereocenters. The molecule has 1 N–H and O–H groups in total. The first-order valence-electron chi connectivity index (χ1n) is 7.26. The summed E-state index contributed by atoms with van der Waals surface area (Å²) in [4.78, 5) is 12.6. The molecule has 0 fully saturated rings. The molecule has 2 rings (SSSR count). The number of carbonyl (C=O) groups is 1. The van der Waals surface area contributed by atoms with E-state index in [-0.39, 0.29) is 11.4 Å². The highest BCUT2D eigenvalue weighted by molar-refractivity contribution is 6.01. The van der Waals surface area contributed by atoms with Crippen LogP contribution < -0.4 is 5.32 Å². The van der Waals surface area contributed by atoms with Crippen molar-refractivity contribution in [2.24, 2.45) is 0 Å². The van der Waals surface area contributed by atoms with Gasteiger partial charge in [-0.25, -0.2) is 0 Å². The van der Waals surface area contributed by atoms with Crippen LogP contribution in [0.15, 0.2) is 42.5 Å². The average Bonchev–Trinajstić information content (AvgIpc) is 2.38. The van der Waals surface area contributed by atoms with Crippen LogP contribution >= 0.6 is 0 Å². The molecule has 0 aliphatic rings. The number of aryl methyl sites for hydroxylation is 2. The Kier molecular flexibility index (Phi) is 4.17. The monoisotopic (exact) mass is 281 g/mol. The fourth-order valence-corrected chi connectivity index (χ4v) is 2.24. The first-order chi connectivity index (χ1) is 9.76. The highest BCUT2D eigenvalue weighted by Gasteiger charge is 2.18. The number of nitrogens with one attached hydrogen (secondary N) is 1. The highest BCUT2D eigenvalue weighted by Crippen LogP contribution is 2.25. The average molecular weight is 281 g/mol. The van der Waals surface area contributed by atoms with Crippen LogP contribution in [0.3, 0.4) is 0 Å². The Bertz CT molecular complexity index is 648. The van der Waals surface area contributed by atoms with Crippen molar-refractivity contribution in [3.8, 4) is 11.1 Å². The van der Waals surface area contributed by atoms with Crippen molar-refractivity contribution in [2.45, 2.75) is 40.2 Å². The van der Waals surface area contributed by atoms with Gasteiger partial charge >= 0.3 is 0 Å². The predicted molar refractivity (Wildman–Crippen MR) is 88.6 cm³/mol. The first-order valence-corrected chi connectivity index (χ1v) is 7.26. The molecule has 21 heavy (non-hydrogen) atoms. The summed E-state index contributed by atoms with van der Waals surface area (Å²) < 4.78 is 0. The van der Waals surface area contributed by atoms with Crippen LogP contribution in [-0.4, -0.2) is 11.4 Å². The molecule has 110 valence electrons. The Labute approximate surface area is 127 Å². The minimum absolute atomic E-state index is 0.0261. The summed E-state index contributed by atoms with van der Waals surface area (Å²) in [5, 5.41) is 3.05. The summed E-state index contributed by atoms with van der Waals surface area (Å²) in [5.74, 6) is -0.0261. The normalized spacial score (nSPS) is 11.3. The van der Waals surface area contributed by atoms with Crippen LogP contribution in [0.5, 0.6) is 0 Å². The molecular weight excluding hydrogens is 258 g/mol. The molecule has 2 aromatic carbocycles. The van der Waals surface area contributed by atoms with E-state index in [9.17, 15) is 4.79 Å². The fourth-order valence-electron chi connectivity index (χ4n) is 2.24. The van der Waals surface area contributed by atoms with Gasteiger partial charge in [0.15, 0.2) is 0 Å². The SMILES string of the molecule is Cc1ccc(-c2ccc(C)cc2C(=O)NC(C)(C)C)cc1. The second kappa shape index (κ2) is 5.72. The Morgan fingerprint density at radius 3 is 2.05 bits per heavy atom. The number of benzene rings is 2. The largest absolute Gasteiger partial charge is 0.347 e. The maximum atomic E-state index is 12.6. The van der Waals surface area contributed by atoms with Gasteiger partial charge in [-0.2, -0.15) is 0 Å². The molecule has 0 bridgehead atoms. The Morgan fingerprint density at radius 1 is 0.905 bits per heavy atom. The second-order valence-corrected chi connectivity index (χ2v) is 6.62. The van der Waals surface area contributed by atoms with Crippen LogP contribution in [0.25, 0.3) is 11.1 Å². The maximum absolute atomic E-state index is 12.6. The standard InChI is InChI=1S/C19H23NO/c1-13-6-9-15(10-7-13)16-11-8-14(2)12-17(16)18(21)20-19(3,4)5/h6-12H,1-5H3,(H,20,21). The van der Waals surface area contributed by atoms with Gasteiger partial charge in [0.1, 0.15) is 0 Å². The third-order valence-electron chi connectivity index (χ3n) is 3.27. The molecular formula is C19H23NO. The van der Waals surface area contributed by atoms with Gasteiger partial charge in [-0.05, 0) is 51.8 Å². The summed E-state index contributed by atoms with van der Waals surface area (Å²) in [6, 6.07) is 14.3. The molecule has 0 spiro atoms. The van der Waals surface area contributed by atoms with Gasteiger partial charge in [0, 0.05) is 11.1 Å². The molecule has 0 radical (unpaired) electrons. The van der Waals surface area contributed by atoms with E-state index >= 15 is 0 Å². The van der Waals surface area contributed by atoms with Crippen LogP contribution in [-0.2, 0) is 0 Å². The van der Waals surface area contributed by atoms with Crippen LogP contribution in [0, 0.1) is 13.8 Å². The van der Waals surface area contributed by atoms with Gasteiger partial charge in [-0.1, -0.05) is 47.5 Å². The van der Waals surface area contributed by atoms with E-state index in [1.165, 1.54) is 5.56 Å². The number of hydrogen-bond acceptors (Lipinski definition) is 1. The zero-order valence-corrected chi connectivity index (χ0v) is 13.4. The summed E-state index contributed by atoms with van der Waals surface area (Å²) >= 11 is 0. The van der Waals surface area contributed by atoms with Gasteiger partial charge < -0.3 is 5.32 Å². The summed E-state index contributed by atoms with van der Waals surface area (Å²) in [6.07, 6.45) is 0. The van der Waals surface area contributed by atoms with Gasteiger partial charge in [0.2, 0.25) is 0 Å². The third kappa shape index (κ3) is 3.94. The third-order valence-corrected chi connectivity index (χ3v) is 3.27. The van der Waals surface area contributed by atoms with E-state index in [2.05, 4.69) is 36.5 Å². The topological polar surface area (TPSA) is 29.1 Å². The van der Waals surface area contributed by atoms with Gasteiger partial charge in [0.05, 0.1) is 0 Å². The molecule has 1 amide bonds. The predicted octanol–water partition coefficient (Wildman–Crippen LogP) is 4.50. The Morgan fingerprint density at radius 2 is 1.48 bits per heavy atom. The van der Waals surface area contributed by atoms with E-state index in [0.29, 0.717) is 0 Å². The van der Waals surface area contributed by atoms with Crippen LogP contribution in [0.2, 0.25) is 0 Å². The first kappa shape index (κ1) is 15.3. The van der Waals surface area contributed by atoms with Crippen molar-refractivity contribution in [3.05, 3.63) is 59.2 Å². The lowest BCUT2D eigenvalue weighted by molar-refractivity contribution is 0.0920. The molecule has 0 heterocycles. The summed E-state index contributed by atoms with van der Waals surface area (Å²) in [6.45, 7) is 10.0. The zero-order chi connectivity index (χ0) is 15.6. The molecule has 2 aromatic rings. The van der Waals surface area contributed by atoms with E-state index in [1.807, 2.05) is 45.9 Å². The molecule has 2 heteroatoms. The molecule has 0 saturated carbocycles. The van der Waals surface area contributed by atoms with Crippen molar-refractivity contribution in [1.29, 1.82) is 0 Å². The maximum Gasteiger partial charge on any atom is 0.252 e. The minimum atomic E-state index is -0.245. The summed E-state index contributed by atoms with van der Waals surface area (Å²) in [5.41, 5.74) is 4.83. The Balaban J connectivity index is 2.47. The smallest absolute Gasteiger partial charge is 0.252 e. The van der Waals surface area contributed by atoms with Crippen molar-refractivity contribution < 1.29 is 4.79 Å². The lowest BCUT2D eigenvalue weighted by Crippen LogP contribution is -2.40. The summed E-state index contributed by atoms with van der Waals surface area (Å²) in [7, 11) is 0. The lowest BCUT2D eigenvalue weighted by atomic mass is 9.96. The van der Waals surface area contributed by atoms with Gasteiger partial charge in [-0.15, -0.1) is 0 Å². The van der Waals surface area contributed by atoms with Crippen molar-refractivity contribution in [2.75, 3.05) is 0 Å². The molecule has 0 aliphatic heterocycles. The van der Waals surface area contributed by atoms with Gasteiger partial charge in [0.25, 0.3) is 5.91 Å². The van der Waals surface area contributed by atoms with Crippen LogP contribution in [0.4, 0.5) is 0 Å². The van der Waals surface area contributed by atoms with E-state index in [1.54, 1.807) is 0 Å². The second-order valence-electron chi connectivity index (χ2n) is 6.62. The highest BCUT2D eigenvalue weighted by atomic mass is 16.1. The van der Waals surface area contributed by atoms with Crippen molar-refractivity contribution in [1.82, 2.24) is 5.32 Å². The molecule has 0 aromatic heterocycles. The number of hydrogen-bond donors (Lipinski definition) is 1. The zero-order valence-electron chi connectivity index (χ0n) is 13.4. The number of amides is 1. The Hall–Kier alpha value is -2.09. The quantitative estimate of drug-likeness (QED) is 0.862. The number of carbonyl (C=O) groups excluding carboxylic acids is 1. The molecule has 0 saturated heterocycles. The van der Waals surface area contributed by atoms with E-state index < -0.39 is 0 Å². The molecule has 0 unspecified atom stereocenters. The van der Waals surface area contributed by atoms with Crippen LogP contribution in [0.1, 0.15) is 42.3 Å². The fraction of sp³-hybridized carbons (Fsp3) is 0.316. The lowest BCUT2D eigenvalue weighted by Gasteiger charge is -2.22. The van der Waals surface area contributed by atoms with E-state index in [0.717, 1.165) is 22.3 Å². The minimum Gasteiger partial charge on any atom is -0.347 e. The van der Waals surface area contributed by atoms with Gasteiger partial charge in [-0.3, -0.25) is 4.79 Å². The molecule has 0 aliphatic carbocycles. The number of rotatable bonds is 2. The molecule has 2 nitrogen and oxygen atoms in total. The van der Waals surface area contributed by atoms with Crippen molar-refractivity contribution in [3.63, 3.8) is 0 Å².